The molecule has 0 saturated heterocycles. The van der Waals surface area contributed by atoms with E-state index in [2.05, 4.69) is 0 Å². The van der Waals surface area contributed by atoms with E-state index in [0.717, 1.165) is 5.69 Å². The number of benzene rings is 1. The summed E-state index contributed by atoms with van der Waals surface area (Å²) in [6, 6.07) is 5.42. The number of aliphatic hydroxyl groups is 1. The first-order valence-electron chi connectivity index (χ1n) is 4.98. The molecule has 0 aromatic heterocycles. The predicted molar refractivity (Wildman–Crippen MR) is 67.0 cm³/mol. The quantitative estimate of drug-likeness (QED) is 0.768. The Morgan fingerprint density at radius 3 is 2.88 bits per heavy atom. The molecule has 0 amide bonds. The summed E-state index contributed by atoms with van der Waals surface area (Å²) >= 11 is 5.92. The van der Waals surface area contributed by atoms with Gasteiger partial charge in [-0.05, 0) is 12.1 Å². The van der Waals surface area contributed by atoms with E-state index in [0.29, 0.717) is 23.9 Å². The minimum atomic E-state index is -0.548. The first-order chi connectivity index (χ1) is 7.56. The van der Waals surface area contributed by atoms with Crippen LogP contribution in [0.1, 0.15) is 0 Å². The molecule has 5 heteroatoms. The molecule has 0 heterocycles. The van der Waals surface area contributed by atoms with Gasteiger partial charge in [-0.1, -0.05) is 17.7 Å². The fraction of sp³-hybridized carbons (Fsp3) is 0.455. The number of ether oxygens (including phenoxy) is 1. The standard InChI is InChI=1S/C11H17ClN2O2/c1-14(6-8(15)7-16-2)10-5-3-4-9(12)11(10)13/h3-5,8,15H,6-7,13H2,1-2H3. The Kier molecular flexibility index (Phi) is 4.86. The van der Waals surface area contributed by atoms with Crippen molar-refractivity contribution in [2.24, 2.45) is 0 Å². The van der Waals surface area contributed by atoms with Gasteiger partial charge in [0.1, 0.15) is 0 Å². The summed E-state index contributed by atoms with van der Waals surface area (Å²) in [5, 5.41) is 10.1. The molecule has 0 saturated carbocycles. The third-order valence-corrected chi connectivity index (χ3v) is 2.61. The van der Waals surface area contributed by atoms with Gasteiger partial charge in [0, 0.05) is 20.7 Å². The number of anilines is 2. The van der Waals surface area contributed by atoms with Gasteiger partial charge in [0.2, 0.25) is 0 Å². The van der Waals surface area contributed by atoms with E-state index in [4.69, 9.17) is 22.1 Å². The number of methoxy groups -OCH3 is 1. The van der Waals surface area contributed by atoms with Crippen LogP contribution in [-0.4, -0.2) is 38.5 Å². The van der Waals surface area contributed by atoms with Crippen molar-refractivity contribution in [2.75, 3.05) is 37.9 Å². The van der Waals surface area contributed by atoms with Gasteiger partial charge in [-0.15, -0.1) is 0 Å². The van der Waals surface area contributed by atoms with Crippen LogP contribution in [-0.2, 0) is 4.74 Å². The molecular formula is C11H17ClN2O2. The summed E-state index contributed by atoms with van der Waals surface area (Å²) in [6.07, 6.45) is -0.548. The minimum Gasteiger partial charge on any atom is -0.396 e. The van der Waals surface area contributed by atoms with Crippen molar-refractivity contribution in [3.63, 3.8) is 0 Å². The normalized spacial score (nSPS) is 12.5. The lowest BCUT2D eigenvalue weighted by Crippen LogP contribution is -2.32. The fourth-order valence-electron chi connectivity index (χ4n) is 1.52. The number of nitrogens with zero attached hydrogens (tertiary/aromatic N) is 1. The SMILES string of the molecule is COCC(O)CN(C)c1cccc(Cl)c1N. The smallest absolute Gasteiger partial charge is 0.0947 e. The Labute approximate surface area is 101 Å². The molecule has 4 nitrogen and oxygen atoms in total. The van der Waals surface area contributed by atoms with Crippen LogP contribution in [0.3, 0.4) is 0 Å². The minimum absolute atomic E-state index is 0.296. The van der Waals surface area contributed by atoms with E-state index >= 15 is 0 Å². The van der Waals surface area contributed by atoms with Gasteiger partial charge in [0.25, 0.3) is 0 Å². The van der Waals surface area contributed by atoms with E-state index < -0.39 is 6.10 Å². The maximum absolute atomic E-state index is 9.60. The molecule has 0 aliphatic heterocycles. The lowest BCUT2D eigenvalue weighted by Gasteiger charge is -2.24. The molecular weight excluding hydrogens is 228 g/mol. The zero-order valence-electron chi connectivity index (χ0n) is 9.48. The van der Waals surface area contributed by atoms with Gasteiger partial charge in [-0.25, -0.2) is 0 Å². The van der Waals surface area contributed by atoms with Crippen LogP contribution in [0.15, 0.2) is 18.2 Å². The topological polar surface area (TPSA) is 58.7 Å². The number of likely N-dealkylation sites (N-methyl/N-ethyl adjacent to an activating group) is 1. The van der Waals surface area contributed by atoms with Crippen LogP contribution >= 0.6 is 11.6 Å². The highest BCUT2D eigenvalue weighted by atomic mass is 35.5. The van der Waals surface area contributed by atoms with Crippen LogP contribution in [0.4, 0.5) is 11.4 Å². The van der Waals surface area contributed by atoms with Crippen molar-refractivity contribution < 1.29 is 9.84 Å². The lowest BCUT2D eigenvalue weighted by atomic mass is 10.2. The number of halogens is 1. The Morgan fingerprint density at radius 2 is 2.25 bits per heavy atom. The number of nitrogens with two attached hydrogens (primary N) is 1. The van der Waals surface area contributed by atoms with Gasteiger partial charge in [-0.3, -0.25) is 0 Å². The Morgan fingerprint density at radius 1 is 1.56 bits per heavy atom. The number of hydrogen-bond donors (Lipinski definition) is 2. The molecule has 1 unspecified atom stereocenters. The Hall–Kier alpha value is -0.970. The van der Waals surface area contributed by atoms with E-state index in [-0.39, 0.29) is 0 Å². The highest BCUT2D eigenvalue weighted by Crippen LogP contribution is 2.29. The number of hydrogen-bond acceptors (Lipinski definition) is 4. The highest BCUT2D eigenvalue weighted by molar-refractivity contribution is 6.33. The van der Waals surface area contributed by atoms with E-state index in [1.165, 1.54) is 0 Å². The van der Waals surface area contributed by atoms with Crippen molar-refractivity contribution in [3.8, 4) is 0 Å². The van der Waals surface area contributed by atoms with Gasteiger partial charge in [-0.2, -0.15) is 0 Å². The summed E-state index contributed by atoms with van der Waals surface area (Å²) in [6.45, 7) is 0.739. The van der Waals surface area contributed by atoms with Crippen molar-refractivity contribution in [1.82, 2.24) is 0 Å². The van der Waals surface area contributed by atoms with E-state index in [1.54, 1.807) is 13.2 Å². The lowest BCUT2D eigenvalue weighted by molar-refractivity contribution is 0.0695. The number of rotatable bonds is 5. The molecule has 0 radical (unpaired) electrons. The first kappa shape index (κ1) is 13.1. The van der Waals surface area contributed by atoms with Crippen molar-refractivity contribution in [3.05, 3.63) is 23.2 Å². The predicted octanol–water partition coefficient (Wildman–Crippen LogP) is 1.37. The summed E-state index contributed by atoms with van der Waals surface area (Å²) < 4.78 is 4.86. The molecule has 1 aromatic rings. The molecule has 0 fully saturated rings. The van der Waals surface area contributed by atoms with Gasteiger partial charge in [0.15, 0.2) is 0 Å². The largest absolute Gasteiger partial charge is 0.396 e. The average Bonchev–Trinajstić information content (AvgIpc) is 2.22. The fourth-order valence-corrected chi connectivity index (χ4v) is 1.69. The third-order valence-electron chi connectivity index (χ3n) is 2.28. The monoisotopic (exact) mass is 244 g/mol. The van der Waals surface area contributed by atoms with E-state index in [9.17, 15) is 5.11 Å². The van der Waals surface area contributed by atoms with Gasteiger partial charge < -0.3 is 20.5 Å². The van der Waals surface area contributed by atoms with Gasteiger partial charge in [0.05, 0.1) is 29.1 Å². The zero-order chi connectivity index (χ0) is 12.1. The Bertz CT molecular complexity index is 347. The Balaban J connectivity index is 2.72. The van der Waals surface area contributed by atoms with Crippen molar-refractivity contribution >= 4 is 23.0 Å². The van der Waals surface area contributed by atoms with Crippen LogP contribution in [0.2, 0.25) is 5.02 Å². The van der Waals surface area contributed by atoms with E-state index in [1.807, 2.05) is 24.1 Å². The van der Waals surface area contributed by atoms with Crippen LogP contribution in [0, 0.1) is 0 Å². The molecule has 1 atom stereocenters. The molecule has 1 rings (SSSR count). The second-order valence-corrected chi connectivity index (χ2v) is 4.07. The third kappa shape index (κ3) is 3.27. The van der Waals surface area contributed by atoms with Crippen LogP contribution < -0.4 is 10.6 Å². The summed E-state index contributed by atoms with van der Waals surface area (Å²) in [5.41, 5.74) is 7.18. The zero-order valence-corrected chi connectivity index (χ0v) is 10.2. The molecule has 3 N–H and O–H groups in total. The summed E-state index contributed by atoms with van der Waals surface area (Å²) in [7, 11) is 3.40. The van der Waals surface area contributed by atoms with Crippen molar-refractivity contribution in [1.29, 1.82) is 0 Å². The second kappa shape index (κ2) is 5.94. The maximum Gasteiger partial charge on any atom is 0.0947 e. The number of para-hydroxylation sites is 1. The molecule has 0 bridgehead atoms. The van der Waals surface area contributed by atoms with Gasteiger partial charge >= 0.3 is 0 Å². The summed E-state index contributed by atoms with van der Waals surface area (Å²) in [4.78, 5) is 1.85. The molecule has 0 aliphatic carbocycles. The van der Waals surface area contributed by atoms with Crippen LogP contribution in [0.25, 0.3) is 0 Å². The molecule has 90 valence electrons. The highest BCUT2D eigenvalue weighted by Gasteiger charge is 2.12. The molecule has 0 aliphatic rings. The number of nitrogen functional groups attached to an aromatic ring is 1. The molecule has 1 aromatic carbocycles. The summed E-state index contributed by atoms with van der Waals surface area (Å²) in [5.74, 6) is 0. The van der Waals surface area contributed by atoms with Crippen LogP contribution in [0.5, 0.6) is 0 Å². The molecule has 0 spiro atoms. The second-order valence-electron chi connectivity index (χ2n) is 3.66. The molecule has 16 heavy (non-hydrogen) atoms. The van der Waals surface area contributed by atoms with Crippen molar-refractivity contribution in [2.45, 2.75) is 6.10 Å². The average molecular weight is 245 g/mol. The first-order valence-corrected chi connectivity index (χ1v) is 5.36. The maximum atomic E-state index is 9.60. The number of aliphatic hydroxyl groups excluding tert-OH is 1.